The molecule has 0 fully saturated rings. The number of aromatic nitrogens is 1. The zero-order valence-corrected chi connectivity index (χ0v) is 10.00. The third-order valence-corrected chi connectivity index (χ3v) is 2.41. The fraction of sp³-hybridized carbons (Fsp3) is 0.143. The van der Waals surface area contributed by atoms with Crippen molar-refractivity contribution in [3.05, 3.63) is 53.7 Å². The molecule has 1 aromatic carbocycles. The van der Waals surface area contributed by atoms with E-state index in [9.17, 15) is 4.79 Å². The Bertz CT molecular complexity index is 540. The van der Waals surface area contributed by atoms with Crippen LogP contribution in [0, 0.1) is 0 Å². The lowest BCUT2D eigenvalue weighted by molar-refractivity contribution is 0.111. The van der Waals surface area contributed by atoms with Gasteiger partial charge in [-0.3, -0.25) is 4.79 Å². The van der Waals surface area contributed by atoms with Crippen LogP contribution in [0.25, 0.3) is 0 Å². The van der Waals surface area contributed by atoms with Gasteiger partial charge in [0, 0.05) is 6.07 Å². The SMILES string of the molecule is COc1cccc(COc2ccccc2C=O)n1. The second-order valence-corrected chi connectivity index (χ2v) is 3.62. The summed E-state index contributed by atoms with van der Waals surface area (Å²) in [5, 5.41) is 0. The van der Waals surface area contributed by atoms with Crippen molar-refractivity contribution >= 4 is 6.29 Å². The molecule has 0 aliphatic carbocycles. The molecule has 1 heterocycles. The van der Waals surface area contributed by atoms with Crippen LogP contribution in [-0.2, 0) is 6.61 Å². The smallest absolute Gasteiger partial charge is 0.213 e. The molecular formula is C14H13NO3. The zero-order chi connectivity index (χ0) is 12.8. The van der Waals surface area contributed by atoms with Crippen LogP contribution in [-0.4, -0.2) is 18.4 Å². The fourth-order valence-electron chi connectivity index (χ4n) is 1.51. The van der Waals surface area contributed by atoms with E-state index in [-0.39, 0.29) is 0 Å². The van der Waals surface area contributed by atoms with Gasteiger partial charge >= 0.3 is 0 Å². The molecule has 0 bridgehead atoms. The number of rotatable bonds is 5. The summed E-state index contributed by atoms with van der Waals surface area (Å²) in [5.74, 6) is 1.09. The van der Waals surface area contributed by atoms with Gasteiger partial charge in [0.1, 0.15) is 12.4 Å². The molecule has 0 spiro atoms. The monoisotopic (exact) mass is 243 g/mol. The third-order valence-electron chi connectivity index (χ3n) is 2.41. The van der Waals surface area contributed by atoms with Crippen molar-refractivity contribution in [3.63, 3.8) is 0 Å². The van der Waals surface area contributed by atoms with Gasteiger partial charge in [-0.25, -0.2) is 4.98 Å². The maximum atomic E-state index is 10.8. The largest absolute Gasteiger partial charge is 0.487 e. The molecule has 0 radical (unpaired) electrons. The average Bonchev–Trinajstić information content (AvgIpc) is 2.45. The Morgan fingerprint density at radius 2 is 2.00 bits per heavy atom. The topological polar surface area (TPSA) is 48.4 Å². The van der Waals surface area contributed by atoms with Crippen molar-refractivity contribution < 1.29 is 14.3 Å². The maximum absolute atomic E-state index is 10.8. The van der Waals surface area contributed by atoms with Crippen LogP contribution in [0.4, 0.5) is 0 Å². The number of hydrogen-bond acceptors (Lipinski definition) is 4. The third kappa shape index (κ3) is 2.85. The molecule has 0 aliphatic heterocycles. The molecule has 0 saturated carbocycles. The molecule has 0 saturated heterocycles. The number of aldehydes is 1. The summed E-state index contributed by atoms with van der Waals surface area (Å²) in [7, 11) is 1.56. The van der Waals surface area contributed by atoms with E-state index in [0.29, 0.717) is 23.8 Å². The van der Waals surface area contributed by atoms with Crippen LogP contribution < -0.4 is 9.47 Å². The van der Waals surface area contributed by atoms with E-state index in [1.165, 1.54) is 0 Å². The minimum atomic E-state index is 0.294. The highest BCUT2D eigenvalue weighted by Gasteiger charge is 2.03. The number of methoxy groups -OCH3 is 1. The summed E-state index contributed by atoms with van der Waals surface area (Å²) < 4.78 is 10.6. The van der Waals surface area contributed by atoms with E-state index in [1.54, 1.807) is 31.4 Å². The van der Waals surface area contributed by atoms with Crippen LogP contribution in [0.3, 0.4) is 0 Å². The summed E-state index contributed by atoms with van der Waals surface area (Å²) in [4.78, 5) is 15.0. The predicted octanol–water partition coefficient (Wildman–Crippen LogP) is 2.48. The van der Waals surface area contributed by atoms with Crippen molar-refractivity contribution in [3.8, 4) is 11.6 Å². The number of hydrogen-bond donors (Lipinski definition) is 0. The van der Waals surface area contributed by atoms with E-state index < -0.39 is 0 Å². The van der Waals surface area contributed by atoms with Gasteiger partial charge in [0.05, 0.1) is 18.4 Å². The summed E-state index contributed by atoms with van der Waals surface area (Å²) in [6, 6.07) is 12.5. The molecule has 4 heteroatoms. The second-order valence-electron chi connectivity index (χ2n) is 3.62. The number of carbonyl (C=O) groups excluding carboxylic acids is 1. The van der Waals surface area contributed by atoms with Crippen LogP contribution in [0.5, 0.6) is 11.6 Å². The molecule has 2 aromatic rings. The molecule has 1 aromatic heterocycles. The van der Waals surface area contributed by atoms with Crippen LogP contribution in [0.2, 0.25) is 0 Å². The highest BCUT2D eigenvalue weighted by atomic mass is 16.5. The van der Waals surface area contributed by atoms with Gasteiger partial charge in [-0.15, -0.1) is 0 Å². The van der Waals surface area contributed by atoms with Crippen LogP contribution >= 0.6 is 0 Å². The van der Waals surface area contributed by atoms with E-state index in [1.807, 2.05) is 18.2 Å². The zero-order valence-electron chi connectivity index (χ0n) is 10.00. The van der Waals surface area contributed by atoms with E-state index in [0.717, 1.165) is 12.0 Å². The van der Waals surface area contributed by atoms with E-state index in [4.69, 9.17) is 9.47 Å². The highest BCUT2D eigenvalue weighted by molar-refractivity contribution is 5.79. The Hall–Kier alpha value is -2.36. The minimum Gasteiger partial charge on any atom is -0.487 e. The summed E-state index contributed by atoms with van der Waals surface area (Å²) in [5.41, 5.74) is 1.27. The van der Waals surface area contributed by atoms with Gasteiger partial charge < -0.3 is 9.47 Å². The van der Waals surface area contributed by atoms with Gasteiger partial charge in [-0.05, 0) is 18.2 Å². The quantitative estimate of drug-likeness (QED) is 0.757. The van der Waals surface area contributed by atoms with E-state index in [2.05, 4.69) is 4.98 Å². The molecule has 0 unspecified atom stereocenters. The molecule has 4 nitrogen and oxygen atoms in total. The Morgan fingerprint density at radius 3 is 2.78 bits per heavy atom. The number of pyridine rings is 1. The molecule has 0 aliphatic rings. The summed E-state index contributed by atoms with van der Waals surface area (Å²) >= 11 is 0. The van der Waals surface area contributed by atoms with Gasteiger partial charge in [0.25, 0.3) is 0 Å². The van der Waals surface area contributed by atoms with Crippen LogP contribution in [0.15, 0.2) is 42.5 Å². The first-order valence-electron chi connectivity index (χ1n) is 5.50. The lowest BCUT2D eigenvalue weighted by Crippen LogP contribution is -2.01. The first kappa shape index (κ1) is 12.1. The Morgan fingerprint density at radius 1 is 1.17 bits per heavy atom. The van der Waals surface area contributed by atoms with Crippen molar-refractivity contribution in [2.45, 2.75) is 6.61 Å². The number of para-hydroxylation sites is 1. The first-order valence-corrected chi connectivity index (χ1v) is 5.50. The molecule has 0 atom stereocenters. The van der Waals surface area contributed by atoms with Crippen molar-refractivity contribution in [1.82, 2.24) is 4.98 Å². The molecular weight excluding hydrogens is 230 g/mol. The molecule has 0 amide bonds. The average molecular weight is 243 g/mol. The number of ether oxygens (including phenoxy) is 2. The van der Waals surface area contributed by atoms with Crippen molar-refractivity contribution in [1.29, 1.82) is 0 Å². The van der Waals surface area contributed by atoms with E-state index >= 15 is 0 Å². The van der Waals surface area contributed by atoms with Gasteiger partial charge in [-0.2, -0.15) is 0 Å². The number of carbonyl (C=O) groups is 1. The molecule has 92 valence electrons. The molecule has 0 N–H and O–H groups in total. The molecule has 18 heavy (non-hydrogen) atoms. The highest BCUT2D eigenvalue weighted by Crippen LogP contribution is 2.17. The standard InChI is InChI=1S/C14H13NO3/c1-17-14-8-4-6-12(15-14)10-18-13-7-3-2-5-11(13)9-16/h2-9H,10H2,1H3. The van der Waals surface area contributed by atoms with Gasteiger partial charge in [0.15, 0.2) is 6.29 Å². The van der Waals surface area contributed by atoms with Crippen LogP contribution in [0.1, 0.15) is 16.1 Å². The summed E-state index contributed by atoms with van der Waals surface area (Å²) in [6.45, 7) is 0.294. The first-order chi connectivity index (χ1) is 8.83. The Kier molecular flexibility index (Phi) is 3.91. The normalized spacial score (nSPS) is 9.83. The van der Waals surface area contributed by atoms with Gasteiger partial charge in [0.2, 0.25) is 5.88 Å². The molecule has 2 rings (SSSR count). The second kappa shape index (κ2) is 5.82. The number of nitrogens with zero attached hydrogens (tertiary/aromatic N) is 1. The van der Waals surface area contributed by atoms with Gasteiger partial charge in [-0.1, -0.05) is 18.2 Å². The number of benzene rings is 1. The lowest BCUT2D eigenvalue weighted by atomic mass is 10.2. The van der Waals surface area contributed by atoms with Crippen molar-refractivity contribution in [2.24, 2.45) is 0 Å². The fourth-order valence-corrected chi connectivity index (χ4v) is 1.51. The predicted molar refractivity (Wildman–Crippen MR) is 67.0 cm³/mol. The summed E-state index contributed by atoms with van der Waals surface area (Å²) in [6.07, 6.45) is 0.772. The van der Waals surface area contributed by atoms with Crippen molar-refractivity contribution in [2.75, 3.05) is 7.11 Å². The minimum absolute atomic E-state index is 0.294. The Balaban J connectivity index is 2.08. The Labute approximate surface area is 105 Å². The lowest BCUT2D eigenvalue weighted by Gasteiger charge is -2.08. The maximum Gasteiger partial charge on any atom is 0.213 e.